The zero-order chi connectivity index (χ0) is 26.0. The molecule has 8 nitrogen and oxygen atoms in total. The smallest absolute Gasteiger partial charge is 0.387 e. The normalized spacial score (nSPS) is 21.9. The molecule has 4 rings (SSSR count). The van der Waals surface area contributed by atoms with Gasteiger partial charge < -0.3 is 25.0 Å². The number of alkyl halides is 2. The molecule has 0 bridgehead atoms. The summed E-state index contributed by atoms with van der Waals surface area (Å²) in [4.78, 5) is 39.9. The first-order valence-electron chi connectivity index (χ1n) is 11.2. The van der Waals surface area contributed by atoms with E-state index in [2.05, 4.69) is 15.4 Å². The predicted molar refractivity (Wildman–Crippen MR) is 118 cm³/mol. The van der Waals surface area contributed by atoms with E-state index in [0.717, 1.165) is 24.3 Å². The molecule has 0 saturated carbocycles. The number of benzene rings is 2. The highest BCUT2D eigenvalue weighted by molar-refractivity contribution is 6.00. The Kier molecular flexibility index (Phi) is 7.32. The van der Waals surface area contributed by atoms with Crippen LogP contribution in [-0.2, 0) is 9.59 Å². The van der Waals surface area contributed by atoms with Crippen LogP contribution in [0.3, 0.4) is 0 Å². The molecule has 2 aliphatic rings. The molecule has 1 unspecified atom stereocenters. The minimum absolute atomic E-state index is 0.00713. The van der Waals surface area contributed by atoms with Crippen molar-refractivity contribution >= 4 is 17.7 Å². The molecule has 2 aromatic rings. The molecule has 0 aromatic heterocycles. The zero-order valence-corrected chi connectivity index (χ0v) is 19.1. The third-order valence-corrected chi connectivity index (χ3v) is 6.26. The summed E-state index contributed by atoms with van der Waals surface area (Å²) in [5.74, 6) is -5.13. The molecule has 192 valence electrons. The van der Waals surface area contributed by atoms with E-state index >= 15 is 0 Å². The van der Waals surface area contributed by atoms with Crippen molar-refractivity contribution in [2.75, 3.05) is 20.2 Å². The van der Waals surface area contributed by atoms with Gasteiger partial charge in [0.15, 0.2) is 0 Å². The van der Waals surface area contributed by atoms with Gasteiger partial charge in [0.1, 0.15) is 35.2 Å². The van der Waals surface area contributed by atoms with Gasteiger partial charge in [-0.2, -0.15) is 8.78 Å². The fourth-order valence-electron chi connectivity index (χ4n) is 4.56. The van der Waals surface area contributed by atoms with Crippen LogP contribution in [0.1, 0.15) is 34.7 Å². The van der Waals surface area contributed by atoms with E-state index in [4.69, 9.17) is 4.74 Å². The minimum Gasteiger partial charge on any atom is -0.497 e. The lowest BCUT2D eigenvalue weighted by Crippen LogP contribution is -2.53. The number of nitrogens with zero attached hydrogens (tertiary/aromatic N) is 1. The molecule has 0 aliphatic carbocycles. The number of hydrogen-bond acceptors (Lipinski definition) is 5. The lowest BCUT2D eigenvalue weighted by molar-refractivity contribution is -0.139. The SMILES string of the molecule is COc1cc(F)c([C@@H]2CN(C3CCCNC3=O)C(=O)[C@H]2NC(=O)c2ccc(OC(F)F)cc2)c(F)c1. The number of amides is 3. The summed E-state index contributed by atoms with van der Waals surface area (Å²) >= 11 is 0. The highest BCUT2D eigenvalue weighted by atomic mass is 19.3. The van der Waals surface area contributed by atoms with Gasteiger partial charge in [0.25, 0.3) is 5.91 Å². The average molecular weight is 509 g/mol. The summed E-state index contributed by atoms with van der Waals surface area (Å²) in [5, 5.41) is 5.18. The van der Waals surface area contributed by atoms with Crippen LogP contribution in [0.15, 0.2) is 36.4 Å². The monoisotopic (exact) mass is 509 g/mol. The number of piperidine rings is 1. The molecule has 2 fully saturated rings. The predicted octanol–water partition coefficient (Wildman–Crippen LogP) is 2.58. The Morgan fingerprint density at radius 3 is 2.36 bits per heavy atom. The van der Waals surface area contributed by atoms with Gasteiger partial charge >= 0.3 is 6.61 Å². The molecule has 2 saturated heterocycles. The van der Waals surface area contributed by atoms with Crippen LogP contribution < -0.4 is 20.1 Å². The first kappa shape index (κ1) is 25.3. The van der Waals surface area contributed by atoms with Crippen molar-refractivity contribution in [1.82, 2.24) is 15.5 Å². The summed E-state index contributed by atoms with van der Waals surface area (Å²) in [7, 11) is 1.25. The van der Waals surface area contributed by atoms with E-state index in [1.165, 1.54) is 24.1 Å². The Balaban J connectivity index is 1.65. The van der Waals surface area contributed by atoms with Gasteiger partial charge in [-0.15, -0.1) is 0 Å². The van der Waals surface area contributed by atoms with E-state index in [1.807, 2.05) is 0 Å². The van der Waals surface area contributed by atoms with Crippen molar-refractivity contribution in [1.29, 1.82) is 0 Å². The molecule has 3 amide bonds. The molecular weight excluding hydrogens is 486 g/mol. The molecule has 2 N–H and O–H groups in total. The van der Waals surface area contributed by atoms with E-state index in [0.29, 0.717) is 19.4 Å². The maximum atomic E-state index is 15.0. The first-order valence-corrected chi connectivity index (χ1v) is 11.2. The number of carbonyl (C=O) groups is 3. The Labute approximate surface area is 203 Å². The quantitative estimate of drug-likeness (QED) is 0.560. The summed E-state index contributed by atoms with van der Waals surface area (Å²) in [5.41, 5.74) is -0.415. The third kappa shape index (κ3) is 5.07. The molecule has 36 heavy (non-hydrogen) atoms. The number of hydrogen-bond donors (Lipinski definition) is 2. The molecule has 12 heteroatoms. The average Bonchev–Trinajstić information content (AvgIpc) is 3.14. The fourth-order valence-corrected chi connectivity index (χ4v) is 4.56. The molecule has 2 aromatic carbocycles. The van der Waals surface area contributed by atoms with Crippen LogP contribution in [0.5, 0.6) is 11.5 Å². The number of rotatable bonds is 7. The van der Waals surface area contributed by atoms with E-state index in [-0.39, 0.29) is 29.5 Å². The largest absolute Gasteiger partial charge is 0.497 e. The highest BCUT2D eigenvalue weighted by Gasteiger charge is 2.48. The number of halogens is 4. The summed E-state index contributed by atoms with van der Waals surface area (Å²) in [6, 6.07) is 4.43. The van der Waals surface area contributed by atoms with Crippen molar-refractivity contribution in [3.63, 3.8) is 0 Å². The minimum atomic E-state index is -3.04. The Morgan fingerprint density at radius 2 is 1.78 bits per heavy atom. The second-order valence-corrected chi connectivity index (χ2v) is 8.40. The van der Waals surface area contributed by atoms with Crippen LogP contribution in [0.25, 0.3) is 0 Å². The van der Waals surface area contributed by atoms with Crippen LogP contribution in [0.4, 0.5) is 17.6 Å². The van der Waals surface area contributed by atoms with Gasteiger partial charge in [0, 0.05) is 42.3 Å². The van der Waals surface area contributed by atoms with Crippen molar-refractivity contribution < 1.29 is 41.4 Å². The summed E-state index contributed by atoms with van der Waals surface area (Å²) in [6.07, 6.45) is 0.976. The lowest BCUT2D eigenvalue weighted by atomic mass is 9.92. The lowest BCUT2D eigenvalue weighted by Gasteiger charge is -2.30. The van der Waals surface area contributed by atoms with Crippen molar-refractivity contribution in [3.8, 4) is 11.5 Å². The van der Waals surface area contributed by atoms with Gasteiger partial charge in [0.2, 0.25) is 11.8 Å². The van der Waals surface area contributed by atoms with Gasteiger partial charge in [-0.1, -0.05) is 0 Å². The summed E-state index contributed by atoms with van der Waals surface area (Å²) < 4.78 is 63.9. The maximum absolute atomic E-state index is 15.0. The molecular formula is C24H23F4N3O5. The molecule has 0 radical (unpaired) electrons. The first-order chi connectivity index (χ1) is 17.2. The fraction of sp³-hybridized carbons (Fsp3) is 0.375. The maximum Gasteiger partial charge on any atom is 0.387 e. The van der Waals surface area contributed by atoms with Crippen molar-refractivity contribution in [2.45, 2.75) is 37.5 Å². The van der Waals surface area contributed by atoms with E-state index < -0.39 is 53.6 Å². The number of carbonyl (C=O) groups excluding carboxylic acids is 3. The Hall–Kier alpha value is -3.83. The molecule has 0 spiro atoms. The Morgan fingerprint density at radius 1 is 1.11 bits per heavy atom. The second kappa shape index (κ2) is 10.4. The summed E-state index contributed by atoms with van der Waals surface area (Å²) in [6.45, 7) is -2.80. The molecule has 2 aliphatic heterocycles. The van der Waals surface area contributed by atoms with Gasteiger partial charge in [-0.3, -0.25) is 14.4 Å². The van der Waals surface area contributed by atoms with Crippen LogP contribution in [-0.4, -0.2) is 61.5 Å². The number of nitrogens with one attached hydrogen (secondary N) is 2. The number of likely N-dealkylation sites (tertiary alicyclic amines) is 1. The molecule has 2 heterocycles. The van der Waals surface area contributed by atoms with Crippen molar-refractivity contribution in [3.05, 3.63) is 59.2 Å². The standard InChI is InChI=1S/C24H23F4N3O5/c1-35-14-9-16(25)19(17(26)10-14)15-11-31(18-3-2-8-29-22(18)33)23(34)20(15)30-21(32)12-4-6-13(7-5-12)36-24(27)28/h4-7,9-10,15,18,20,24H,2-3,8,11H2,1H3,(H,29,33)(H,30,32)/t15-,18?,20-/m0/s1. The van der Waals surface area contributed by atoms with Gasteiger partial charge in [-0.25, -0.2) is 8.78 Å². The van der Waals surface area contributed by atoms with Crippen LogP contribution >= 0.6 is 0 Å². The second-order valence-electron chi connectivity index (χ2n) is 8.40. The molecule has 3 atom stereocenters. The van der Waals surface area contributed by atoms with E-state index in [9.17, 15) is 31.9 Å². The number of ether oxygens (including phenoxy) is 2. The van der Waals surface area contributed by atoms with Crippen LogP contribution in [0, 0.1) is 11.6 Å². The highest BCUT2D eigenvalue weighted by Crippen LogP contribution is 2.36. The zero-order valence-electron chi connectivity index (χ0n) is 19.1. The topological polar surface area (TPSA) is 97.0 Å². The van der Waals surface area contributed by atoms with Crippen molar-refractivity contribution in [2.24, 2.45) is 0 Å². The van der Waals surface area contributed by atoms with Gasteiger partial charge in [-0.05, 0) is 37.1 Å². The number of methoxy groups -OCH3 is 1. The van der Waals surface area contributed by atoms with Gasteiger partial charge in [0.05, 0.1) is 7.11 Å². The van der Waals surface area contributed by atoms with E-state index in [1.54, 1.807) is 0 Å². The Bertz CT molecular complexity index is 1140. The van der Waals surface area contributed by atoms with Crippen LogP contribution in [0.2, 0.25) is 0 Å². The third-order valence-electron chi connectivity index (χ3n) is 6.26.